The highest BCUT2D eigenvalue weighted by Gasteiger charge is 2.30. The quantitative estimate of drug-likeness (QED) is 0.715. The van der Waals surface area contributed by atoms with Crippen molar-refractivity contribution in [2.45, 2.75) is 32.6 Å². The lowest BCUT2D eigenvalue weighted by Gasteiger charge is -2.35. The van der Waals surface area contributed by atoms with E-state index in [0.29, 0.717) is 18.3 Å². The Morgan fingerprint density at radius 1 is 1.19 bits per heavy atom. The first-order chi connectivity index (χ1) is 12.6. The van der Waals surface area contributed by atoms with E-state index in [0.717, 1.165) is 24.3 Å². The SMILES string of the molecule is Cc1nnc([C@H]2CN(Cc3cnn(-c4ccc(F)cc4)c3)C[C@@H](C)O2)o1. The van der Waals surface area contributed by atoms with Gasteiger partial charge in [0.25, 0.3) is 0 Å². The van der Waals surface area contributed by atoms with E-state index in [-0.39, 0.29) is 18.0 Å². The minimum Gasteiger partial charge on any atom is -0.423 e. The van der Waals surface area contributed by atoms with Crippen LogP contribution in [0.25, 0.3) is 5.69 Å². The predicted molar refractivity (Wildman–Crippen MR) is 91.1 cm³/mol. The highest BCUT2D eigenvalue weighted by atomic mass is 19.1. The van der Waals surface area contributed by atoms with Gasteiger partial charge in [0.05, 0.1) is 18.0 Å². The van der Waals surface area contributed by atoms with Crippen LogP contribution in [0.15, 0.2) is 41.1 Å². The first-order valence-electron chi connectivity index (χ1n) is 8.54. The van der Waals surface area contributed by atoms with Crippen LogP contribution in [0.4, 0.5) is 4.39 Å². The van der Waals surface area contributed by atoms with Crippen molar-refractivity contribution in [3.63, 3.8) is 0 Å². The van der Waals surface area contributed by atoms with Gasteiger partial charge in [-0.15, -0.1) is 10.2 Å². The maximum atomic E-state index is 13.1. The van der Waals surface area contributed by atoms with Gasteiger partial charge < -0.3 is 9.15 Å². The number of morpholine rings is 1. The molecule has 0 bridgehead atoms. The van der Waals surface area contributed by atoms with E-state index in [1.807, 2.05) is 19.3 Å². The van der Waals surface area contributed by atoms with Crippen molar-refractivity contribution >= 4 is 0 Å². The van der Waals surface area contributed by atoms with E-state index < -0.39 is 0 Å². The van der Waals surface area contributed by atoms with Crippen molar-refractivity contribution in [3.8, 4) is 5.69 Å². The standard InChI is InChI=1S/C18H20FN5O2/c1-12-8-23(11-17(25-12)18-22-21-13(2)26-18)9-14-7-20-24(10-14)16-5-3-15(19)4-6-16/h3-7,10,12,17H,8-9,11H2,1-2H3/t12-,17-/m1/s1. The number of aryl methyl sites for hydroxylation is 1. The summed E-state index contributed by atoms with van der Waals surface area (Å²) in [5.74, 6) is 0.792. The van der Waals surface area contributed by atoms with E-state index in [1.165, 1.54) is 12.1 Å². The van der Waals surface area contributed by atoms with Gasteiger partial charge in [0.1, 0.15) is 11.9 Å². The topological polar surface area (TPSA) is 69.2 Å². The number of ether oxygens (including phenoxy) is 1. The van der Waals surface area contributed by atoms with Crippen LogP contribution in [0.1, 0.15) is 30.4 Å². The molecular formula is C18H20FN5O2. The normalized spacial score (nSPS) is 21.2. The molecule has 2 aromatic heterocycles. The molecule has 1 aliphatic heterocycles. The highest BCUT2D eigenvalue weighted by Crippen LogP contribution is 2.25. The number of nitrogens with zero attached hydrogens (tertiary/aromatic N) is 5. The van der Waals surface area contributed by atoms with Crippen LogP contribution in [0, 0.1) is 12.7 Å². The molecule has 0 radical (unpaired) electrons. The molecule has 1 aromatic carbocycles. The van der Waals surface area contributed by atoms with Crippen LogP contribution in [0.3, 0.4) is 0 Å². The molecule has 0 saturated carbocycles. The highest BCUT2D eigenvalue weighted by molar-refractivity contribution is 5.31. The van der Waals surface area contributed by atoms with Gasteiger partial charge in [-0.3, -0.25) is 4.90 Å². The van der Waals surface area contributed by atoms with E-state index in [9.17, 15) is 4.39 Å². The van der Waals surface area contributed by atoms with Crippen molar-refractivity contribution in [2.75, 3.05) is 13.1 Å². The molecule has 0 aliphatic carbocycles. The summed E-state index contributed by atoms with van der Waals surface area (Å²) in [6, 6.07) is 6.27. The minimum atomic E-state index is -0.259. The number of hydrogen-bond acceptors (Lipinski definition) is 6. The smallest absolute Gasteiger partial charge is 0.246 e. The summed E-state index contributed by atoms with van der Waals surface area (Å²) >= 11 is 0. The predicted octanol–water partition coefficient (Wildman–Crippen LogP) is 2.66. The molecule has 7 nitrogen and oxygen atoms in total. The molecule has 2 atom stereocenters. The zero-order valence-electron chi connectivity index (χ0n) is 14.7. The minimum absolute atomic E-state index is 0.0631. The maximum absolute atomic E-state index is 13.1. The van der Waals surface area contributed by atoms with Gasteiger partial charge in [-0.2, -0.15) is 5.10 Å². The molecule has 26 heavy (non-hydrogen) atoms. The Balaban J connectivity index is 1.45. The number of aromatic nitrogens is 4. The fraction of sp³-hybridized carbons (Fsp3) is 0.389. The fourth-order valence-electron chi connectivity index (χ4n) is 3.18. The third-order valence-corrected chi connectivity index (χ3v) is 4.29. The Morgan fingerprint density at radius 3 is 2.73 bits per heavy atom. The lowest BCUT2D eigenvalue weighted by Crippen LogP contribution is -2.42. The van der Waals surface area contributed by atoms with Crippen LogP contribution in [-0.2, 0) is 11.3 Å². The van der Waals surface area contributed by atoms with E-state index in [4.69, 9.17) is 9.15 Å². The second-order valence-corrected chi connectivity index (χ2v) is 6.56. The summed E-state index contributed by atoms with van der Waals surface area (Å²) in [5.41, 5.74) is 1.90. The Hall–Kier alpha value is -2.58. The number of halogens is 1. The number of rotatable bonds is 4. The van der Waals surface area contributed by atoms with Gasteiger partial charge in [0.2, 0.25) is 11.8 Å². The van der Waals surface area contributed by atoms with Crippen molar-refractivity contribution in [2.24, 2.45) is 0 Å². The first-order valence-corrected chi connectivity index (χ1v) is 8.54. The van der Waals surface area contributed by atoms with Gasteiger partial charge in [0, 0.05) is 38.3 Å². The maximum Gasteiger partial charge on any atom is 0.246 e. The van der Waals surface area contributed by atoms with E-state index in [1.54, 1.807) is 23.7 Å². The van der Waals surface area contributed by atoms with Gasteiger partial charge in [-0.05, 0) is 31.2 Å². The van der Waals surface area contributed by atoms with E-state index >= 15 is 0 Å². The van der Waals surface area contributed by atoms with Crippen molar-refractivity contribution < 1.29 is 13.5 Å². The second-order valence-electron chi connectivity index (χ2n) is 6.56. The van der Waals surface area contributed by atoms with Crippen molar-refractivity contribution in [1.82, 2.24) is 24.9 Å². The second kappa shape index (κ2) is 6.97. The van der Waals surface area contributed by atoms with Crippen LogP contribution >= 0.6 is 0 Å². The molecule has 8 heteroatoms. The Labute approximate surface area is 150 Å². The summed E-state index contributed by atoms with van der Waals surface area (Å²) < 4.78 is 26.3. The summed E-state index contributed by atoms with van der Waals surface area (Å²) in [6.07, 6.45) is 3.62. The number of benzene rings is 1. The van der Waals surface area contributed by atoms with Crippen LogP contribution in [0.2, 0.25) is 0 Å². The lowest BCUT2D eigenvalue weighted by molar-refractivity contribution is -0.0917. The molecule has 0 spiro atoms. The molecule has 0 unspecified atom stereocenters. The van der Waals surface area contributed by atoms with Gasteiger partial charge in [-0.1, -0.05) is 0 Å². The zero-order chi connectivity index (χ0) is 18.1. The van der Waals surface area contributed by atoms with Gasteiger partial charge in [0.15, 0.2) is 0 Å². The monoisotopic (exact) mass is 357 g/mol. The van der Waals surface area contributed by atoms with Crippen LogP contribution < -0.4 is 0 Å². The van der Waals surface area contributed by atoms with E-state index in [2.05, 4.69) is 20.2 Å². The molecule has 1 fully saturated rings. The molecule has 0 amide bonds. The lowest BCUT2D eigenvalue weighted by atomic mass is 10.2. The molecule has 0 N–H and O–H groups in total. The average molecular weight is 357 g/mol. The Kier molecular flexibility index (Phi) is 4.52. The third-order valence-electron chi connectivity index (χ3n) is 4.29. The summed E-state index contributed by atoms with van der Waals surface area (Å²) in [5, 5.41) is 12.3. The molecule has 3 aromatic rings. The number of hydrogen-bond donors (Lipinski definition) is 0. The van der Waals surface area contributed by atoms with Crippen LogP contribution in [0.5, 0.6) is 0 Å². The van der Waals surface area contributed by atoms with Gasteiger partial charge >= 0.3 is 0 Å². The third kappa shape index (κ3) is 3.66. The van der Waals surface area contributed by atoms with Crippen molar-refractivity contribution in [3.05, 3.63) is 59.8 Å². The largest absolute Gasteiger partial charge is 0.423 e. The summed E-state index contributed by atoms with van der Waals surface area (Å²) in [6.45, 7) is 6.02. The molecule has 4 rings (SSSR count). The summed E-state index contributed by atoms with van der Waals surface area (Å²) in [4.78, 5) is 2.28. The molecule has 136 valence electrons. The molecular weight excluding hydrogens is 337 g/mol. The van der Waals surface area contributed by atoms with Gasteiger partial charge in [-0.25, -0.2) is 9.07 Å². The average Bonchev–Trinajstić information content (AvgIpc) is 3.24. The molecule has 3 heterocycles. The fourth-order valence-corrected chi connectivity index (χ4v) is 3.18. The Morgan fingerprint density at radius 2 is 2.00 bits per heavy atom. The zero-order valence-corrected chi connectivity index (χ0v) is 14.7. The Bertz CT molecular complexity index is 876. The van der Waals surface area contributed by atoms with Crippen molar-refractivity contribution in [1.29, 1.82) is 0 Å². The molecule has 1 aliphatic rings. The molecule has 1 saturated heterocycles. The first kappa shape index (κ1) is 16.9. The van der Waals surface area contributed by atoms with Crippen LogP contribution in [-0.4, -0.2) is 44.1 Å². The summed E-state index contributed by atoms with van der Waals surface area (Å²) in [7, 11) is 0.